The number of ether oxygens (including phenoxy) is 1. The summed E-state index contributed by atoms with van der Waals surface area (Å²) in [4.78, 5) is 7.14. The Morgan fingerprint density at radius 3 is 2.41 bits per heavy atom. The third-order valence-corrected chi connectivity index (χ3v) is 6.57. The molecule has 3 aromatic rings. The first-order valence-corrected chi connectivity index (χ1v) is 11.7. The number of hydrogen-bond donors (Lipinski definition) is 2. The van der Waals surface area contributed by atoms with E-state index in [1.54, 1.807) is 19.2 Å². The van der Waals surface area contributed by atoms with E-state index < -0.39 is 0 Å². The van der Waals surface area contributed by atoms with Crippen LogP contribution in [0.3, 0.4) is 0 Å². The van der Waals surface area contributed by atoms with Crippen LogP contribution in [0.4, 0.5) is 5.82 Å². The Bertz CT molecular complexity index is 1080. The molecule has 32 heavy (non-hydrogen) atoms. The van der Waals surface area contributed by atoms with Crippen LogP contribution in [0.15, 0.2) is 18.2 Å². The Balaban J connectivity index is 1.57. The molecule has 2 N–H and O–H groups in total. The van der Waals surface area contributed by atoms with E-state index in [2.05, 4.69) is 22.6 Å². The van der Waals surface area contributed by atoms with Crippen molar-refractivity contribution in [2.45, 2.75) is 32.7 Å². The van der Waals surface area contributed by atoms with E-state index in [1.807, 2.05) is 24.4 Å². The number of hydrogen-bond acceptors (Lipinski definition) is 6. The summed E-state index contributed by atoms with van der Waals surface area (Å²) in [6.45, 7) is 7.92. The zero-order valence-corrected chi connectivity index (χ0v) is 20.5. The molecule has 7 nitrogen and oxygen atoms in total. The lowest BCUT2D eigenvalue weighted by atomic mass is 10.1. The van der Waals surface area contributed by atoms with Gasteiger partial charge in [-0.05, 0) is 59.0 Å². The molecule has 172 valence electrons. The molecule has 1 aromatic carbocycles. The van der Waals surface area contributed by atoms with Gasteiger partial charge < -0.3 is 20.3 Å². The van der Waals surface area contributed by atoms with E-state index in [0.717, 1.165) is 60.2 Å². The number of likely N-dealkylation sites (tertiary alicyclic amines) is 1. The molecule has 4 rings (SSSR count). The van der Waals surface area contributed by atoms with Crippen LogP contribution in [0, 0.1) is 13.8 Å². The van der Waals surface area contributed by atoms with Gasteiger partial charge in [-0.2, -0.15) is 9.61 Å². The van der Waals surface area contributed by atoms with Crippen LogP contribution in [0.1, 0.15) is 24.2 Å². The molecular formula is C23H30Cl2N6O. The first-order valence-electron chi connectivity index (χ1n) is 10.9. The number of anilines is 1. The van der Waals surface area contributed by atoms with Crippen LogP contribution >= 0.6 is 23.2 Å². The van der Waals surface area contributed by atoms with Crippen molar-refractivity contribution >= 4 is 34.7 Å². The van der Waals surface area contributed by atoms with Crippen LogP contribution < -0.4 is 15.4 Å². The molecule has 0 spiro atoms. The van der Waals surface area contributed by atoms with Gasteiger partial charge in [0.1, 0.15) is 11.6 Å². The lowest BCUT2D eigenvalue weighted by molar-refractivity contribution is 0.236. The smallest absolute Gasteiger partial charge is 0.165 e. The summed E-state index contributed by atoms with van der Waals surface area (Å²) in [5.41, 5.74) is 3.98. The normalized spacial score (nSPS) is 15.4. The van der Waals surface area contributed by atoms with Crippen LogP contribution in [0.5, 0.6) is 5.75 Å². The van der Waals surface area contributed by atoms with E-state index in [9.17, 15) is 0 Å². The molecule has 0 amide bonds. The van der Waals surface area contributed by atoms with E-state index in [0.29, 0.717) is 21.8 Å². The second kappa shape index (κ2) is 9.83. The van der Waals surface area contributed by atoms with E-state index in [-0.39, 0.29) is 0 Å². The molecule has 0 aliphatic carbocycles. The molecule has 1 fully saturated rings. The third kappa shape index (κ3) is 4.81. The number of aromatic nitrogens is 3. The summed E-state index contributed by atoms with van der Waals surface area (Å²) in [7, 11) is 3.77. The maximum absolute atomic E-state index is 6.59. The average Bonchev–Trinajstić information content (AvgIpc) is 3.07. The summed E-state index contributed by atoms with van der Waals surface area (Å²) in [5, 5.41) is 12.9. The van der Waals surface area contributed by atoms with Gasteiger partial charge in [0, 0.05) is 36.5 Å². The van der Waals surface area contributed by atoms with Gasteiger partial charge in [0.15, 0.2) is 5.65 Å². The van der Waals surface area contributed by atoms with Gasteiger partial charge in [-0.25, -0.2) is 4.98 Å². The van der Waals surface area contributed by atoms with Crippen LogP contribution in [0.25, 0.3) is 16.8 Å². The summed E-state index contributed by atoms with van der Waals surface area (Å²) in [6, 6.07) is 6.12. The zero-order valence-electron chi connectivity index (χ0n) is 19.0. The second-order valence-corrected chi connectivity index (χ2v) is 9.22. The number of benzene rings is 1. The van der Waals surface area contributed by atoms with Crippen LogP contribution in [0.2, 0.25) is 10.0 Å². The monoisotopic (exact) mass is 476 g/mol. The molecule has 0 atom stereocenters. The number of nitrogens with zero attached hydrogens (tertiary/aromatic N) is 4. The first-order chi connectivity index (χ1) is 15.4. The number of fused-ring (bicyclic) bond motifs is 1. The summed E-state index contributed by atoms with van der Waals surface area (Å²) in [5.74, 6) is 1.51. The molecule has 1 saturated heterocycles. The fraction of sp³-hybridized carbons (Fsp3) is 0.478. The van der Waals surface area contributed by atoms with Gasteiger partial charge >= 0.3 is 0 Å². The standard InChI is InChI=1S/C23H30Cl2N6O/c1-14-11-20(27-8-7-26-16-5-9-30(3)10-6-16)31-23(28-14)21(15(2)29-31)22-18(24)12-17(32-4)13-19(22)25/h11-13,16,26-27H,5-10H2,1-4H3. The maximum atomic E-state index is 6.59. The van der Waals surface area contributed by atoms with Crippen molar-refractivity contribution in [1.82, 2.24) is 24.8 Å². The van der Waals surface area contributed by atoms with Crippen molar-refractivity contribution in [1.29, 1.82) is 0 Å². The Hall–Kier alpha value is -2.06. The molecular weight excluding hydrogens is 447 g/mol. The highest BCUT2D eigenvalue weighted by atomic mass is 35.5. The lowest BCUT2D eigenvalue weighted by Gasteiger charge is -2.29. The minimum Gasteiger partial charge on any atom is -0.497 e. The maximum Gasteiger partial charge on any atom is 0.165 e. The Labute approximate surface area is 199 Å². The predicted octanol–water partition coefficient (Wildman–Crippen LogP) is 4.42. The first kappa shape index (κ1) is 23.1. The molecule has 0 saturated carbocycles. The largest absolute Gasteiger partial charge is 0.497 e. The van der Waals surface area contributed by atoms with Gasteiger partial charge in [0.25, 0.3) is 0 Å². The molecule has 0 unspecified atom stereocenters. The van der Waals surface area contributed by atoms with E-state index >= 15 is 0 Å². The van der Waals surface area contributed by atoms with Crippen molar-refractivity contribution in [3.05, 3.63) is 39.6 Å². The van der Waals surface area contributed by atoms with Gasteiger partial charge in [0.2, 0.25) is 0 Å². The van der Waals surface area contributed by atoms with Crippen molar-refractivity contribution in [3.8, 4) is 16.9 Å². The highest BCUT2D eigenvalue weighted by molar-refractivity contribution is 6.39. The van der Waals surface area contributed by atoms with Gasteiger partial charge in [-0.1, -0.05) is 23.2 Å². The Kier molecular flexibility index (Phi) is 7.10. The van der Waals surface area contributed by atoms with Crippen molar-refractivity contribution in [2.24, 2.45) is 0 Å². The van der Waals surface area contributed by atoms with Crippen molar-refractivity contribution < 1.29 is 4.74 Å². The Morgan fingerprint density at radius 2 is 1.75 bits per heavy atom. The van der Waals surface area contributed by atoms with Gasteiger partial charge in [-0.3, -0.25) is 0 Å². The summed E-state index contributed by atoms with van der Waals surface area (Å²) >= 11 is 13.2. The predicted molar refractivity (Wildman–Crippen MR) is 131 cm³/mol. The van der Waals surface area contributed by atoms with Gasteiger partial charge in [0.05, 0.1) is 28.4 Å². The summed E-state index contributed by atoms with van der Waals surface area (Å²) in [6.07, 6.45) is 2.39. The molecule has 3 heterocycles. The number of methoxy groups -OCH3 is 1. The van der Waals surface area contributed by atoms with Crippen molar-refractivity contribution in [3.63, 3.8) is 0 Å². The average molecular weight is 477 g/mol. The molecule has 0 bridgehead atoms. The fourth-order valence-corrected chi connectivity index (χ4v) is 4.91. The number of halogens is 2. The van der Waals surface area contributed by atoms with E-state index in [1.165, 1.54) is 12.8 Å². The topological polar surface area (TPSA) is 66.7 Å². The van der Waals surface area contributed by atoms with Crippen LogP contribution in [-0.2, 0) is 0 Å². The minimum absolute atomic E-state index is 0.507. The highest BCUT2D eigenvalue weighted by Gasteiger charge is 2.21. The second-order valence-electron chi connectivity index (χ2n) is 8.40. The number of rotatable bonds is 7. The third-order valence-electron chi connectivity index (χ3n) is 5.98. The number of piperidine rings is 1. The molecule has 1 aliphatic heterocycles. The van der Waals surface area contributed by atoms with Crippen molar-refractivity contribution in [2.75, 3.05) is 45.7 Å². The SMILES string of the molecule is COc1cc(Cl)c(-c2c(C)nn3c(NCCNC4CCN(C)CC4)cc(C)nc23)c(Cl)c1. The quantitative estimate of drug-likeness (QED) is 0.491. The highest BCUT2D eigenvalue weighted by Crippen LogP contribution is 2.41. The van der Waals surface area contributed by atoms with Crippen LogP contribution in [-0.4, -0.2) is 65.9 Å². The summed E-state index contributed by atoms with van der Waals surface area (Å²) < 4.78 is 7.12. The number of aryl methyl sites for hydroxylation is 2. The van der Waals surface area contributed by atoms with Gasteiger partial charge in [-0.15, -0.1) is 0 Å². The minimum atomic E-state index is 0.507. The molecule has 0 radical (unpaired) electrons. The lowest BCUT2D eigenvalue weighted by Crippen LogP contribution is -2.42. The Morgan fingerprint density at radius 1 is 1.06 bits per heavy atom. The molecule has 2 aromatic heterocycles. The molecule has 1 aliphatic rings. The fourth-order valence-electron chi connectivity index (χ4n) is 4.25. The van der Waals surface area contributed by atoms with E-state index in [4.69, 9.17) is 38.0 Å². The number of nitrogens with one attached hydrogen (secondary N) is 2. The zero-order chi connectivity index (χ0) is 22.8. The molecule has 9 heteroatoms.